The third kappa shape index (κ3) is 3.17. The molecule has 0 aliphatic heterocycles. The van der Waals surface area contributed by atoms with Gasteiger partial charge in [-0.15, -0.1) is 11.8 Å². The molecule has 0 heterocycles. The van der Waals surface area contributed by atoms with Crippen molar-refractivity contribution in [1.29, 1.82) is 0 Å². The monoisotopic (exact) mass is 240 g/mol. The number of aliphatic carboxylic acids is 1. The Kier molecular flexibility index (Phi) is 4.68. The lowest BCUT2D eigenvalue weighted by molar-refractivity contribution is -0.140. The van der Waals surface area contributed by atoms with Crippen molar-refractivity contribution in [2.75, 3.05) is 12.9 Å². The Bertz CT molecular complexity index is 377. The summed E-state index contributed by atoms with van der Waals surface area (Å²) in [5.74, 6) is 0.272. The first-order valence-corrected chi connectivity index (χ1v) is 6.04. The Labute approximate surface area is 99.8 Å². The fraction of sp³-hybridized carbons (Fsp3) is 0.417. The Morgan fingerprint density at radius 3 is 2.81 bits per heavy atom. The van der Waals surface area contributed by atoms with E-state index in [1.807, 2.05) is 25.1 Å². The van der Waals surface area contributed by atoms with Crippen LogP contribution in [0.4, 0.5) is 0 Å². The van der Waals surface area contributed by atoms with E-state index in [0.29, 0.717) is 5.75 Å². The average Bonchev–Trinajstić information content (AvgIpc) is 2.25. The van der Waals surface area contributed by atoms with Crippen LogP contribution in [-0.4, -0.2) is 23.9 Å². The first kappa shape index (κ1) is 12.9. The van der Waals surface area contributed by atoms with Crippen molar-refractivity contribution >= 4 is 17.7 Å². The molecule has 1 aromatic rings. The van der Waals surface area contributed by atoms with Crippen molar-refractivity contribution < 1.29 is 14.6 Å². The molecule has 0 spiro atoms. The molecule has 0 aromatic heterocycles. The van der Waals surface area contributed by atoms with Crippen molar-refractivity contribution in [3.63, 3.8) is 0 Å². The van der Waals surface area contributed by atoms with Gasteiger partial charge in [-0.3, -0.25) is 4.79 Å². The molecule has 0 radical (unpaired) electrons. The lowest BCUT2D eigenvalue weighted by Gasteiger charge is -2.11. The third-order valence-corrected chi connectivity index (χ3v) is 3.59. The molecule has 0 fully saturated rings. The smallest absolute Gasteiger partial charge is 0.307 e. The number of carboxylic acid groups (broad SMARTS) is 1. The summed E-state index contributed by atoms with van der Waals surface area (Å²) in [5.41, 5.74) is 1.07. The summed E-state index contributed by atoms with van der Waals surface area (Å²) in [6.45, 7) is 3.68. The lowest BCUT2D eigenvalue weighted by atomic mass is 10.2. The second-order valence-electron chi connectivity index (χ2n) is 3.66. The molecule has 0 aliphatic rings. The number of thioether (sulfide) groups is 1. The summed E-state index contributed by atoms with van der Waals surface area (Å²) >= 11 is 1.52. The highest BCUT2D eigenvalue weighted by Gasteiger charge is 2.13. The predicted octanol–water partition coefficient (Wildman–Crippen LogP) is 2.82. The molecule has 1 aromatic carbocycles. The second-order valence-corrected chi connectivity index (χ2v) is 4.72. The molecular weight excluding hydrogens is 224 g/mol. The van der Waals surface area contributed by atoms with Gasteiger partial charge in [-0.2, -0.15) is 0 Å². The van der Waals surface area contributed by atoms with Crippen LogP contribution in [-0.2, 0) is 4.79 Å². The Balaban J connectivity index is 2.74. The number of aryl methyl sites for hydroxylation is 1. The molecule has 0 saturated carbocycles. The van der Waals surface area contributed by atoms with Crippen LogP contribution >= 0.6 is 11.8 Å². The second kappa shape index (κ2) is 5.80. The molecule has 0 aliphatic carbocycles. The van der Waals surface area contributed by atoms with Gasteiger partial charge >= 0.3 is 5.97 Å². The van der Waals surface area contributed by atoms with Gasteiger partial charge in [-0.1, -0.05) is 19.1 Å². The number of methoxy groups -OCH3 is 1. The van der Waals surface area contributed by atoms with E-state index in [1.54, 1.807) is 14.0 Å². The number of carbonyl (C=O) groups is 1. The summed E-state index contributed by atoms with van der Waals surface area (Å²) in [7, 11) is 1.63. The molecule has 88 valence electrons. The van der Waals surface area contributed by atoms with Gasteiger partial charge in [0.05, 0.1) is 13.0 Å². The Hall–Kier alpha value is -1.16. The van der Waals surface area contributed by atoms with E-state index < -0.39 is 5.97 Å². The molecule has 0 unspecified atom stereocenters. The van der Waals surface area contributed by atoms with Crippen molar-refractivity contribution in [1.82, 2.24) is 0 Å². The topological polar surface area (TPSA) is 46.5 Å². The van der Waals surface area contributed by atoms with Crippen molar-refractivity contribution in [3.8, 4) is 5.75 Å². The summed E-state index contributed by atoms with van der Waals surface area (Å²) in [4.78, 5) is 11.7. The molecule has 0 amide bonds. The van der Waals surface area contributed by atoms with E-state index in [1.165, 1.54) is 11.8 Å². The van der Waals surface area contributed by atoms with E-state index in [9.17, 15) is 4.79 Å². The van der Waals surface area contributed by atoms with Crippen LogP contribution in [0.5, 0.6) is 5.75 Å². The number of carboxylic acids is 1. The van der Waals surface area contributed by atoms with Gasteiger partial charge in [0.15, 0.2) is 0 Å². The summed E-state index contributed by atoms with van der Waals surface area (Å²) in [6, 6.07) is 5.88. The van der Waals surface area contributed by atoms with Crippen LogP contribution in [0.25, 0.3) is 0 Å². The fourth-order valence-electron chi connectivity index (χ4n) is 1.29. The number of hydrogen-bond acceptors (Lipinski definition) is 3. The Morgan fingerprint density at radius 2 is 2.25 bits per heavy atom. The van der Waals surface area contributed by atoms with Gasteiger partial charge in [0.25, 0.3) is 0 Å². The van der Waals surface area contributed by atoms with Crippen LogP contribution < -0.4 is 4.74 Å². The molecule has 1 N–H and O–H groups in total. The highest BCUT2D eigenvalue weighted by atomic mass is 32.2. The molecule has 16 heavy (non-hydrogen) atoms. The highest BCUT2D eigenvalue weighted by molar-refractivity contribution is 7.99. The van der Waals surface area contributed by atoms with Gasteiger partial charge in [-0.05, 0) is 18.6 Å². The Morgan fingerprint density at radius 1 is 1.56 bits per heavy atom. The average molecular weight is 240 g/mol. The minimum Gasteiger partial charge on any atom is -0.495 e. The van der Waals surface area contributed by atoms with E-state index in [-0.39, 0.29) is 5.92 Å². The molecule has 0 saturated heterocycles. The number of ether oxygens (including phenoxy) is 1. The molecule has 3 nitrogen and oxygen atoms in total. The van der Waals surface area contributed by atoms with E-state index >= 15 is 0 Å². The van der Waals surface area contributed by atoms with Crippen molar-refractivity contribution in [3.05, 3.63) is 23.8 Å². The highest BCUT2D eigenvalue weighted by Crippen LogP contribution is 2.32. The predicted molar refractivity (Wildman–Crippen MR) is 65.3 cm³/mol. The molecular formula is C12H16O3S. The first-order chi connectivity index (χ1) is 7.56. The summed E-state index contributed by atoms with van der Waals surface area (Å²) in [6.07, 6.45) is 0. The normalized spacial score (nSPS) is 12.2. The first-order valence-electron chi connectivity index (χ1n) is 5.05. The van der Waals surface area contributed by atoms with Gasteiger partial charge < -0.3 is 9.84 Å². The third-order valence-electron chi connectivity index (χ3n) is 2.29. The zero-order valence-electron chi connectivity index (χ0n) is 9.69. The van der Waals surface area contributed by atoms with E-state index in [0.717, 1.165) is 16.2 Å². The quantitative estimate of drug-likeness (QED) is 0.804. The lowest BCUT2D eigenvalue weighted by Crippen LogP contribution is -2.11. The standard InChI is InChI=1S/C12H16O3S/c1-8-5-4-6-10(11(8)15-3)16-7-9(2)12(13)14/h4-6,9H,7H2,1-3H3,(H,13,14)/t9-/m0/s1. The van der Waals surface area contributed by atoms with E-state index in [2.05, 4.69) is 0 Å². The molecule has 1 atom stereocenters. The maximum atomic E-state index is 10.7. The van der Waals surface area contributed by atoms with Gasteiger partial charge in [0, 0.05) is 10.6 Å². The van der Waals surface area contributed by atoms with Crippen LogP contribution in [0, 0.1) is 12.8 Å². The zero-order valence-corrected chi connectivity index (χ0v) is 10.5. The minimum absolute atomic E-state index is 0.352. The molecule has 0 bridgehead atoms. The molecule has 4 heteroatoms. The fourth-order valence-corrected chi connectivity index (χ4v) is 2.41. The van der Waals surface area contributed by atoms with Gasteiger partial charge in [0.2, 0.25) is 0 Å². The summed E-state index contributed by atoms with van der Waals surface area (Å²) < 4.78 is 5.30. The number of benzene rings is 1. The van der Waals surface area contributed by atoms with Crippen LogP contribution in [0.3, 0.4) is 0 Å². The van der Waals surface area contributed by atoms with Gasteiger partial charge in [-0.25, -0.2) is 0 Å². The number of para-hydroxylation sites is 1. The van der Waals surface area contributed by atoms with Crippen LogP contribution in [0.1, 0.15) is 12.5 Å². The van der Waals surface area contributed by atoms with Crippen molar-refractivity contribution in [2.24, 2.45) is 5.92 Å². The van der Waals surface area contributed by atoms with E-state index in [4.69, 9.17) is 9.84 Å². The number of hydrogen-bond donors (Lipinski definition) is 1. The maximum Gasteiger partial charge on any atom is 0.307 e. The minimum atomic E-state index is -0.765. The van der Waals surface area contributed by atoms with Crippen molar-refractivity contribution in [2.45, 2.75) is 18.7 Å². The maximum absolute atomic E-state index is 10.7. The number of rotatable bonds is 5. The zero-order chi connectivity index (χ0) is 12.1. The SMILES string of the molecule is COc1c(C)cccc1SC[C@H](C)C(=O)O. The van der Waals surface area contributed by atoms with Gasteiger partial charge in [0.1, 0.15) is 5.75 Å². The largest absolute Gasteiger partial charge is 0.495 e. The van der Waals surface area contributed by atoms with Crippen LogP contribution in [0.15, 0.2) is 23.1 Å². The van der Waals surface area contributed by atoms with Crippen LogP contribution in [0.2, 0.25) is 0 Å². The molecule has 1 rings (SSSR count). The summed E-state index contributed by atoms with van der Waals surface area (Å²) in [5, 5.41) is 8.80.